The van der Waals surface area contributed by atoms with Crippen molar-refractivity contribution in [2.45, 2.75) is 199 Å². The molecule has 0 saturated heterocycles. The van der Waals surface area contributed by atoms with Crippen molar-refractivity contribution in [1.82, 2.24) is 0 Å². The molecule has 8 heteroatoms. The summed E-state index contributed by atoms with van der Waals surface area (Å²) in [7, 11) is 0. The average Bonchev–Trinajstić information content (AvgIpc) is 3.16. The Hall–Kier alpha value is -2.09. The molecule has 0 heterocycles. The summed E-state index contributed by atoms with van der Waals surface area (Å²) in [5, 5.41) is 10.8. The van der Waals surface area contributed by atoms with Gasteiger partial charge in [-0.2, -0.15) is 0 Å². The summed E-state index contributed by atoms with van der Waals surface area (Å²) in [4.78, 5) is 74.7. The number of aliphatic hydroxyl groups is 1. The van der Waals surface area contributed by atoms with Crippen LogP contribution in [0.1, 0.15) is 194 Å². The monoisotopic (exact) mass is 648 g/mol. The van der Waals surface area contributed by atoms with Gasteiger partial charge in [-0.05, 0) is 12.8 Å². The number of carbonyl (C=O) groups is 5. The molecule has 46 heavy (non-hydrogen) atoms. The van der Waals surface area contributed by atoms with Gasteiger partial charge in [-0.3, -0.25) is 14.4 Å². The summed E-state index contributed by atoms with van der Waals surface area (Å²) in [6, 6.07) is 0. The highest BCUT2D eigenvalue weighted by molar-refractivity contribution is 6.33. The molecule has 264 valence electrons. The van der Waals surface area contributed by atoms with Crippen molar-refractivity contribution < 1.29 is 38.9 Å². The minimum atomic E-state index is -2.43. The van der Waals surface area contributed by atoms with Crippen molar-refractivity contribution in [3.63, 3.8) is 0 Å². The summed E-state index contributed by atoms with van der Waals surface area (Å²) in [5.41, 5.74) is -4.63. The number of ketones is 3. The van der Waals surface area contributed by atoms with Gasteiger partial charge in [0.25, 0.3) is 0 Å². The zero-order chi connectivity index (χ0) is 33.7. The predicted octanol–water partition coefficient (Wildman–Crippen LogP) is 9.02. The third-order valence-electron chi connectivity index (χ3n) is 10.2. The first-order valence-corrected chi connectivity index (χ1v) is 19.0. The lowest BCUT2D eigenvalue weighted by atomic mass is 9.63. The smallest absolute Gasteiger partial charge is 0.377 e. The minimum Gasteiger partial charge on any atom is -0.381 e. The van der Waals surface area contributed by atoms with Gasteiger partial charge in [0.2, 0.25) is 5.41 Å². The Bertz CT molecular complexity index is 945. The van der Waals surface area contributed by atoms with E-state index in [1.165, 1.54) is 96.3 Å². The quantitative estimate of drug-likeness (QED) is 0.0405. The van der Waals surface area contributed by atoms with Gasteiger partial charge >= 0.3 is 11.9 Å². The lowest BCUT2D eigenvalue weighted by Gasteiger charge is -2.36. The Kier molecular flexibility index (Phi) is 19.6. The van der Waals surface area contributed by atoms with E-state index < -0.39 is 59.1 Å². The molecular weight excluding hydrogens is 584 g/mol. The molecule has 2 fully saturated rings. The van der Waals surface area contributed by atoms with Gasteiger partial charge in [0.15, 0.2) is 11.6 Å². The van der Waals surface area contributed by atoms with E-state index in [1.807, 2.05) is 0 Å². The second-order valence-electron chi connectivity index (χ2n) is 14.1. The fraction of sp³-hybridized carbons (Fsp3) is 0.868. The van der Waals surface area contributed by atoms with Crippen LogP contribution in [0.4, 0.5) is 0 Å². The molecule has 2 aliphatic rings. The molecule has 3 unspecified atom stereocenters. The van der Waals surface area contributed by atoms with Gasteiger partial charge in [0.1, 0.15) is 11.4 Å². The normalized spacial score (nSPS) is 22.4. The van der Waals surface area contributed by atoms with E-state index in [0.717, 1.165) is 44.9 Å². The zero-order valence-corrected chi connectivity index (χ0v) is 29.2. The van der Waals surface area contributed by atoms with E-state index in [0.29, 0.717) is 12.8 Å². The first kappa shape index (κ1) is 40.1. The van der Waals surface area contributed by atoms with Crippen LogP contribution in [0.2, 0.25) is 0 Å². The Morgan fingerprint density at radius 2 is 1.02 bits per heavy atom. The van der Waals surface area contributed by atoms with Gasteiger partial charge in [-0.25, -0.2) is 19.4 Å². The molecule has 0 amide bonds. The van der Waals surface area contributed by atoms with Gasteiger partial charge in [-0.1, -0.05) is 162 Å². The van der Waals surface area contributed by atoms with Crippen molar-refractivity contribution in [2.24, 2.45) is 11.3 Å². The van der Waals surface area contributed by atoms with Crippen molar-refractivity contribution in [1.29, 1.82) is 0 Å². The molecular formula is C38H64O8. The third kappa shape index (κ3) is 12.5. The number of Topliss-reactive ketones (excluding diaryl/α,β-unsaturated/α-hetero) is 3. The fourth-order valence-electron chi connectivity index (χ4n) is 7.34. The van der Waals surface area contributed by atoms with Gasteiger partial charge in [0.05, 0.1) is 6.42 Å². The third-order valence-corrected chi connectivity index (χ3v) is 10.2. The molecule has 0 aromatic heterocycles. The molecule has 0 aromatic rings. The highest BCUT2D eigenvalue weighted by Gasteiger charge is 2.75. The summed E-state index contributed by atoms with van der Waals surface area (Å²) in [6.07, 6.45) is 26.5. The largest absolute Gasteiger partial charge is 0.381 e. The van der Waals surface area contributed by atoms with E-state index in [2.05, 4.69) is 13.8 Å². The van der Waals surface area contributed by atoms with Crippen LogP contribution in [0.25, 0.3) is 0 Å². The van der Waals surface area contributed by atoms with E-state index >= 15 is 0 Å². The average molecular weight is 649 g/mol. The van der Waals surface area contributed by atoms with Crippen LogP contribution in [-0.2, 0) is 33.7 Å². The Labute approximate surface area is 278 Å². The predicted molar refractivity (Wildman–Crippen MR) is 179 cm³/mol. The maximum absolute atomic E-state index is 13.3. The van der Waals surface area contributed by atoms with Crippen LogP contribution in [0, 0.1) is 11.3 Å². The molecule has 1 N–H and O–H groups in total. The molecule has 8 nitrogen and oxygen atoms in total. The van der Waals surface area contributed by atoms with Gasteiger partial charge < -0.3 is 5.11 Å². The number of fused-ring (bicyclic) bond motifs is 2. The Morgan fingerprint density at radius 3 is 1.48 bits per heavy atom. The maximum atomic E-state index is 13.3. The molecule has 0 radical (unpaired) electrons. The summed E-state index contributed by atoms with van der Waals surface area (Å²) in [6.45, 7) is 4.44. The van der Waals surface area contributed by atoms with Crippen LogP contribution in [0.3, 0.4) is 0 Å². The van der Waals surface area contributed by atoms with Crippen LogP contribution in [0.5, 0.6) is 0 Å². The van der Waals surface area contributed by atoms with E-state index in [4.69, 9.17) is 9.78 Å². The van der Waals surface area contributed by atoms with Crippen LogP contribution in [-0.4, -0.2) is 40.0 Å². The molecule has 2 bridgehead atoms. The van der Waals surface area contributed by atoms with Crippen LogP contribution >= 0.6 is 0 Å². The molecule has 0 aliphatic heterocycles. The number of rotatable bonds is 27. The fourth-order valence-corrected chi connectivity index (χ4v) is 7.34. The van der Waals surface area contributed by atoms with Crippen LogP contribution < -0.4 is 0 Å². The SMILES string of the molecule is CCCCCCCCCCCCCCCC(=O)OOC(=O)C12C(=O)CC(O)(CC(=O)C1CCCCCCCCCCCCC)C2=O. The molecule has 2 saturated carbocycles. The van der Waals surface area contributed by atoms with E-state index in [1.54, 1.807) is 0 Å². The van der Waals surface area contributed by atoms with Crippen molar-refractivity contribution in [3.05, 3.63) is 0 Å². The number of carbonyl (C=O) groups excluding carboxylic acids is 5. The van der Waals surface area contributed by atoms with Gasteiger partial charge in [-0.15, -0.1) is 0 Å². The van der Waals surface area contributed by atoms with Crippen LogP contribution in [0.15, 0.2) is 0 Å². The number of unbranched alkanes of at least 4 members (excludes halogenated alkanes) is 22. The second-order valence-corrected chi connectivity index (χ2v) is 14.1. The van der Waals surface area contributed by atoms with Crippen molar-refractivity contribution in [3.8, 4) is 0 Å². The first-order valence-electron chi connectivity index (χ1n) is 19.0. The molecule has 2 aliphatic carbocycles. The topological polar surface area (TPSA) is 124 Å². The molecule has 3 atom stereocenters. The summed E-state index contributed by atoms with van der Waals surface area (Å²) in [5.74, 6) is -5.62. The number of hydrogen-bond acceptors (Lipinski definition) is 8. The molecule has 0 spiro atoms. The number of hydrogen-bond donors (Lipinski definition) is 1. The minimum absolute atomic E-state index is 0.0466. The Morgan fingerprint density at radius 1 is 0.609 bits per heavy atom. The summed E-state index contributed by atoms with van der Waals surface area (Å²) >= 11 is 0. The second kappa shape index (κ2) is 22.5. The van der Waals surface area contributed by atoms with Gasteiger partial charge in [0, 0.05) is 18.8 Å². The molecule has 0 aromatic carbocycles. The van der Waals surface area contributed by atoms with E-state index in [-0.39, 0.29) is 12.8 Å². The first-order chi connectivity index (χ1) is 22.2. The lowest BCUT2D eigenvalue weighted by molar-refractivity contribution is -0.266. The lowest BCUT2D eigenvalue weighted by Crippen LogP contribution is -2.59. The van der Waals surface area contributed by atoms with Crippen molar-refractivity contribution >= 4 is 29.3 Å². The maximum Gasteiger partial charge on any atom is 0.377 e. The standard InChI is InChI=1S/C38H64O8/c1-3-5-7-9-11-13-15-16-18-20-22-24-26-28-34(41)45-46-36(43)38-31(32(39)29-37(44,35(38)42)30-33(38)40)27-25-23-21-19-17-14-12-10-8-6-4-2/h31,44H,3-30H2,1-2H3. The zero-order valence-electron chi connectivity index (χ0n) is 29.2. The Balaban J connectivity index is 1.71. The molecule has 2 rings (SSSR count). The van der Waals surface area contributed by atoms with Crippen molar-refractivity contribution in [2.75, 3.05) is 0 Å². The van der Waals surface area contributed by atoms with E-state index in [9.17, 15) is 29.1 Å². The summed E-state index contributed by atoms with van der Waals surface area (Å²) < 4.78 is 0. The highest BCUT2D eigenvalue weighted by Crippen LogP contribution is 2.52. The highest BCUT2D eigenvalue weighted by atomic mass is 17.2.